The molecule has 1 fully saturated rings. The van der Waals surface area contributed by atoms with Gasteiger partial charge in [0.15, 0.2) is 0 Å². The molecular formula is C15H30N2O3. The maximum Gasteiger partial charge on any atom is 0.222 e. The first-order valence-corrected chi connectivity index (χ1v) is 7.86. The van der Waals surface area contributed by atoms with Crippen LogP contribution in [0.15, 0.2) is 0 Å². The molecule has 0 aliphatic carbocycles. The number of amides is 1. The number of carbonyl (C=O) groups excluding carboxylic acids is 1. The minimum atomic E-state index is -0.468. The normalized spacial score (nSPS) is 21.2. The molecule has 1 aliphatic heterocycles. The molecule has 1 rings (SSSR count). The number of ether oxygens (including phenoxy) is 1. The van der Waals surface area contributed by atoms with Crippen LogP contribution in [0.2, 0.25) is 0 Å². The largest absolute Gasteiger partial charge is 0.389 e. The van der Waals surface area contributed by atoms with Crippen LogP contribution < -0.4 is 5.32 Å². The molecule has 5 heteroatoms. The summed E-state index contributed by atoms with van der Waals surface area (Å²) in [6.45, 7) is 4.57. The minimum Gasteiger partial charge on any atom is -0.389 e. The lowest BCUT2D eigenvalue weighted by atomic mass is 10.1. The minimum absolute atomic E-state index is 0.207. The fraction of sp³-hybridized carbons (Fsp3) is 0.933. The predicted octanol–water partition coefficient (Wildman–Crippen LogP) is 1.15. The van der Waals surface area contributed by atoms with Gasteiger partial charge in [-0.1, -0.05) is 26.2 Å². The Kier molecular flexibility index (Phi) is 8.82. The number of nitrogens with zero attached hydrogens (tertiary/aromatic N) is 1. The predicted molar refractivity (Wildman–Crippen MR) is 79.6 cm³/mol. The van der Waals surface area contributed by atoms with Crippen LogP contribution in [0.4, 0.5) is 0 Å². The first-order valence-electron chi connectivity index (χ1n) is 7.86. The molecule has 1 heterocycles. The third kappa shape index (κ3) is 7.22. The van der Waals surface area contributed by atoms with Crippen LogP contribution in [0, 0.1) is 0 Å². The van der Waals surface area contributed by atoms with Crippen LogP contribution >= 0.6 is 0 Å². The lowest BCUT2D eigenvalue weighted by molar-refractivity contribution is -0.132. The van der Waals surface area contributed by atoms with E-state index >= 15 is 0 Å². The fourth-order valence-corrected chi connectivity index (χ4v) is 2.39. The van der Waals surface area contributed by atoms with Crippen molar-refractivity contribution in [2.75, 3.05) is 33.4 Å². The zero-order chi connectivity index (χ0) is 14.8. The van der Waals surface area contributed by atoms with Crippen molar-refractivity contribution >= 4 is 5.91 Å². The Morgan fingerprint density at radius 1 is 1.45 bits per heavy atom. The average Bonchev–Trinajstić information content (AvgIpc) is 2.44. The van der Waals surface area contributed by atoms with E-state index in [-0.39, 0.29) is 11.9 Å². The highest BCUT2D eigenvalue weighted by Gasteiger charge is 2.22. The van der Waals surface area contributed by atoms with Crippen molar-refractivity contribution < 1.29 is 14.6 Å². The number of rotatable bonds is 10. The Morgan fingerprint density at radius 3 is 2.95 bits per heavy atom. The van der Waals surface area contributed by atoms with Crippen LogP contribution in [0.3, 0.4) is 0 Å². The molecule has 0 aromatic heterocycles. The lowest BCUT2D eigenvalue weighted by Gasteiger charge is -2.30. The van der Waals surface area contributed by atoms with Gasteiger partial charge >= 0.3 is 0 Å². The van der Waals surface area contributed by atoms with Crippen molar-refractivity contribution in [3.63, 3.8) is 0 Å². The number of hydrogen-bond donors (Lipinski definition) is 2. The number of likely N-dealkylation sites (N-methyl/N-ethyl adjacent to an activating group) is 1. The van der Waals surface area contributed by atoms with E-state index in [0.717, 1.165) is 26.0 Å². The van der Waals surface area contributed by atoms with Gasteiger partial charge in [0.05, 0.1) is 12.7 Å². The number of likely N-dealkylation sites (tertiary alicyclic amines) is 1. The second kappa shape index (κ2) is 10.1. The van der Waals surface area contributed by atoms with Crippen molar-refractivity contribution in [3.05, 3.63) is 0 Å². The van der Waals surface area contributed by atoms with E-state index < -0.39 is 6.10 Å². The third-order valence-corrected chi connectivity index (χ3v) is 3.72. The first-order chi connectivity index (χ1) is 9.63. The smallest absolute Gasteiger partial charge is 0.222 e. The van der Waals surface area contributed by atoms with Gasteiger partial charge in [0.25, 0.3) is 0 Å². The van der Waals surface area contributed by atoms with Crippen LogP contribution in [-0.2, 0) is 9.53 Å². The molecule has 1 aliphatic rings. The highest BCUT2D eigenvalue weighted by atomic mass is 16.5. The van der Waals surface area contributed by atoms with Crippen molar-refractivity contribution in [2.24, 2.45) is 0 Å². The third-order valence-electron chi connectivity index (χ3n) is 3.72. The highest BCUT2D eigenvalue weighted by molar-refractivity contribution is 5.76. The van der Waals surface area contributed by atoms with Gasteiger partial charge in [-0.25, -0.2) is 0 Å². The van der Waals surface area contributed by atoms with Crippen LogP contribution in [-0.4, -0.2) is 61.4 Å². The number of unbranched alkanes of at least 4 members (excludes halogenated alkanes) is 3. The van der Waals surface area contributed by atoms with Gasteiger partial charge in [-0.3, -0.25) is 4.79 Å². The van der Waals surface area contributed by atoms with Gasteiger partial charge < -0.3 is 20.1 Å². The maximum absolute atomic E-state index is 11.4. The average molecular weight is 286 g/mol. The summed E-state index contributed by atoms with van der Waals surface area (Å²) in [5, 5.41) is 13.1. The number of aliphatic hydroxyl groups is 1. The molecule has 5 nitrogen and oxygen atoms in total. The van der Waals surface area contributed by atoms with Crippen LogP contribution in [0.1, 0.15) is 45.4 Å². The highest BCUT2D eigenvalue weighted by Crippen LogP contribution is 2.09. The van der Waals surface area contributed by atoms with E-state index in [9.17, 15) is 9.90 Å². The quantitative estimate of drug-likeness (QED) is 0.592. The summed E-state index contributed by atoms with van der Waals surface area (Å²) < 4.78 is 5.47. The van der Waals surface area contributed by atoms with E-state index in [1.165, 1.54) is 19.3 Å². The molecule has 118 valence electrons. The zero-order valence-corrected chi connectivity index (χ0v) is 12.9. The summed E-state index contributed by atoms with van der Waals surface area (Å²) in [5.41, 5.74) is 0. The standard InChI is InChI=1S/C15H30N2O3/c1-3-4-5-6-9-20-12-14(18)10-16-13-7-8-15(19)17(2)11-13/h13-14,16,18H,3-12H2,1-2H3. The Bertz CT molecular complexity index is 274. The molecule has 0 radical (unpaired) electrons. The van der Waals surface area contributed by atoms with Gasteiger partial charge in [-0.05, 0) is 12.8 Å². The van der Waals surface area contributed by atoms with E-state index in [1.54, 1.807) is 4.90 Å². The summed E-state index contributed by atoms with van der Waals surface area (Å²) in [7, 11) is 1.83. The maximum atomic E-state index is 11.4. The second-order valence-corrected chi connectivity index (χ2v) is 5.71. The molecular weight excluding hydrogens is 256 g/mol. The molecule has 1 saturated heterocycles. The summed E-state index contributed by atoms with van der Waals surface area (Å²) in [6.07, 6.45) is 5.73. The SMILES string of the molecule is CCCCCCOCC(O)CNC1CCC(=O)N(C)C1. The Hall–Kier alpha value is -0.650. The van der Waals surface area contributed by atoms with Crippen molar-refractivity contribution in [1.29, 1.82) is 0 Å². The monoisotopic (exact) mass is 286 g/mol. The molecule has 0 aromatic rings. The molecule has 2 unspecified atom stereocenters. The van der Waals surface area contributed by atoms with Crippen molar-refractivity contribution in [2.45, 2.75) is 57.6 Å². The second-order valence-electron chi connectivity index (χ2n) is 5.71. The Labute approximate surface area is 122 Å². The molecule has 20 heavy (non-hydrogen) atoms. The Balaban J connectivity index is 1.99. The summed E-state index contributed by atoms with van der Waals surface area (Å²) in [5.74, 6) is 0.207. The summed E-state index contributed by atoms with van der Waals surface area (Å²) in [4.78, 5) is 13.1. The molecule has 0 bridgehead atoms. The Morgan fingerprint density at radius 2 is 2.25 bits per heavy atom. The molecule has 2 atom stereocenters. The van der Waals surface area contributed by atoms with Gasteiger partial charge in [-0.2, -0.15) is 0 Å². The fourth-order valence-electron chi connectivity index (χ4n) is 2.39. The van der Waals surface area contributed by atoms with E-state index in [2.05, 4.69) is 12.2 Å². The number of carbonyl (C=O) groups is 1. The van der Waals surface area contributed by atoms with Crippen LogP contribution in [0.5, 0.6) is 0 Å². The molecule has 0 aromatic carbocycles. The van der Waals surface area contributed by atoms with Crippen LogP contribution in [0.25, 0.3) is 0 Å². The van der Waals surface area contributed by atoms with Gasteiger partial charge in [-0.15, -0.1) is 0 Å². The molecule has 0 saturated carbocycles. The topological polar surface area (TPSA) is 61.8 Å². The number of aliphatic hydroxyl groups excluding tert-OH is 1. The van der Waals surface area contributed by atoms with E-state index in [1.807, 2.05) is 7.05 Å². The van der Waals surface area contributed by atoms with E-state index in [0.29, 0.717) is 19.6 Å². The van der Waals surface area contributed by atoms with Gasteiger partial charge in [0.2, 0.25) is 5.91 Å². The summed E-state index contributed by atoms with van der Waals surface area (Å²) in [6, 6.07) is 0.289. The number of hydrogen-bond acceptors (Lipinski definition) is 4. The zero-order valence-electron chi connectivity index (χ0n) is 12.9. The van der Waals surface area contributed by atoms with Gasteiger partial charge in [0, 0.05) is 39.2 Å². The molecule has 2 N–H and O–H groups in total. The van der Waals surface area contributed by atoms with Gasteiger partial charge in [0.1, 0.15) is 0 Å². The first kappa shape index (κ1) is 17.4. The van der Waals surface area contributed by atoms with E-state index in [4.69, 9.17) is 4.74 Å². The lowest BCUT2D eigenvalue weighted by Crippen LogP contribution is -2.48. The molecule has 0 spiro atoms. The molecule has 1 amide bonds. The van der Waals surface area contributed by atoms with Crippen molar-refractivity contribution in [3.8, 4) is 0 Å². The number of piperidine rings is 1. The van der Waals surface area contributed by atoms with Crippen molar-refractivity contribution in [1.82, 2.24) is 10.2 Å². The number of nitrogens with one attached hydrogen (secondary N) is 1. The summed E-state index contributed by atoms with van der Waals surface area (Å²) >= 11 is 0.